The van der Waals surface area contributed by atoms with Crippen LogP contribution >= 0.6 is 11.8 Å². The average molecular weight is 437 g/mol. The third-order valence-electron chi connectivity index (χ3n) is 4.84. The molecule has 1 N–H and O–H groups in total. The van der Waals surface area contributed by atoms with Gasteiger partial charge in [0.2, 0.25) is 5.91 Å². The van der Waals surface area contributed by atoms with Crippen molar-refractivity contribution in [1.82, 2.24) is 24.5 Å². The van der Waals surface area contributed by atoms with Crippen LogP contribution < -0.4 is 5.32 Å². The molecule has 4 aromatic rings. The first kappa shape index (κ1) is 20.8. The fourth-order valence-corrected chi connectivity index (χ4v) is 3.98. The van der Waals surface area contributed by atoms with E-state index in [1.165, 1.54) is 17.8 Å². The molecule has 1 amide bonds. The van der Waals surface area contributed by atoms with Crippen molar-refractivity contribution >= 4 is 23.4 Å². The van der Waals surface area contributed by atoms with E-state index >= 15 is 0 Å². The van der Waals surface area contributed by atoms with Crippen LogP contribution in [-0.2, 0) is 11.8 Å². The monoisotopic (exact) mass is 436 g/mol. The Morgan fingerprint density at radius 2 is 1.77 bits per heavy atom. The van der Waals surface area contributed by atoms with Gasteiger partial charge in [0.05, 0.1) is 34.1 Å². The van der Waals surface area contributed by atoms with Gasteiger partial charge >= 0.3 is 0 Å². The van der Waals surface area contributed by atoms with Crippen molar-refractivity contribution in [2.24, 2.45) is 7.05 Å². The molecular weight excluding hydrogens is 415 g/mol. The maximum Gasteiger partial charge on any atom is 0.234 e. The van der Waals surface area contributed by atoms with Gasteiger partial charge in [0.1, 0.15) is 5.82 Å². The van der Waals surface area contributed by atoms with Crippen LogP contribution in [0, 0.1) is 19.7 Å². The summed E-state index contributed by atoms with van der Waals surface area (Å²) in [6.07, 6.45) is 0. The van der Waals surface area contributed by atoms with Gasteiger partial charge in [-0.05, 0) is 38.1 Å². The summed E-state index contributed by atoms with van der Waals surface area (Å²) in [5, 5.41) is 16.2. The molecule has 0 saturated heterocycles. The van der Waals surface area contributed by atoms with Gasteiger partial charge in [-0.1, -0.05) is 42.1 Å². The Morgan fingerprint density at radius 1 is 1.06 bits per heavy atom. The molecule has 158 valence electrons. The number of amides is 1. The van der Waals surface area contributed by atoms with E-state index in [1.54, 1.807) is 34.5 Å². The number of carbonyl (C=O) groups is 1. The highest BCUT2D eigenvalue weighted by Gasteiger charge is 2.18. The zero-order valence-corrected chi connectivity index (χ0v) is 18.2. The van der Waals surface area contributed by atoms with E-state index in [0.29, 0.717) is 22.2 Å². The molecule has 0 aliphatic heterocycles. The van der Waals surface area contributed by atoms with E-state index in [9.17, 15) is 9.18 Å². The molecular formula is C22H21FN6OS. The summed E-state index contributed by atoms with van der Waals surface area (Å²) in [5.41, 5.74) is 3.58. The number of nitrogens with one attached hydrogen (secondary N) is 1. The zero-order chi connectivity index (χ0) is 22.0. The van der Waals surface area contributed by atoms with Crippen molar-refractivity contribution in [3.8, 4) is 17.1 Å². The summed E-state index contributed by atoms with van der Waals surface area (Å²) in [5.74, 6) is 0.00306. The van der Waals surface area contributed by atoms with E-state index in [1.807, 2.05) is 44.2 Å². The molecule has 2 aromatic heterocycles. The van der Waals surface area contributed by atoms with Gasteiger partial charge in [-0.15, -0.1) is 10.2 Å². The lowest BCUT2D eigenvalue weighted by atomic mass is 10.2. The van der Waals surface area contributed by atoms with Crippen LogP contribution in [0.2, 0.25) is 0 Å². The van der Waals surface area contributed by atoms with Crippen molar-refractivity contribution in [2.75, 3.05) is 11.1 Å². The minimum Gasteiger partial charge on any atom is -0.322 e. The number of halogens is 1. The molecule has 0 aliphatic carbocycles. The van der Waals surface area contributed by atoms with Gasteiger partial charge in [0, 0.05) is 7.05 Å². The highest BCUT2D eigenvalue weighted by atomic mass is 32.2. The molecule has 0 radical (unpaired) electrons. The zero-order valence-electron chi connectivity index (χ0n) is 17.3. The molecule has 0 fully saturated rings. The predicted molar refractivity (Wildman–Crippen MR) is 119 cm³/mol. The number of nitrogens with zero attached hydrogens (tertiary/aromatic N) is 5. The fraction of sp³-hybridized carbons (Fsp3) is 0.182. The Labute approximate surface area is 183 Å². The largest absolute Gasteiger partial charge is 0.322 e. The van der Waals surface area contributed by atoms with Crippen LogP contribution in [-0.4, -0.2) is 36.2 Å². The van der Waals surface area contributed by atoms with Gasteiger partial charge in [0.25, 0.3) is 0 Å². The predicted octanol–water partition coefficient (Wildman–Crippen LogP) is 4.15. The molecule has 9 heteroatoms. The van der Waals surface area contributed by atoms with Crippen LogP contribution in [0.15, 0.2) is 59.8 Å². The molecule has 0 atom stereocenters. The second kappa shape index (κ2) is 8.73. The van der Waals surface area contributed by atoms with Crippen LogP contribution in [0.1, 0.15) is 11.4 Å². The summed E-state index contributed by atoms with van der Waals surface area (Å²) in [6, 6.07) is 16.1. The van der Waals surface area contributed by atoms with E-state index in [4.69, 9.17) is 0 Å². The van der Waals surface area contributed by atoms with E-state index in [0.717, 1.165) is 17.1 Å². The second-order valence-corrected chi connectivity index (χ2v) is 7.92. The molecule has 0 spiro atoms. The normalized spacial score (nSPS) is 11.0. The maximum atomic E-state index is 14.1. The number of thioether (sulfide) groups is 1. The van der Waals surface area contributed by atoms with Gasteiger partial charge in [-0.2, -0.15) is 5.10 Å². The van der Waals surface area contributed by atoms with Crippen LogP contribution in [0.25, 0.3) is 17.1 Å². The molecule has 0 bridgehead atoms. The molecule has 0 unspecified atom stereocenters. The number of rotatable bonds is 6. The summed E-state index contributed by atoms with van der Waals surface area (Å²) in [7, 11) is 1.75. The summed E-state index contributed by atoms with van der Waals surface area (Å²) < 4.78 is 17.5. The molecule has 0 saturated carbocycles. The van der Waals surface area contributed by atoms with Crippen molar-refractivity contribution in [3.05, 3.63) is 71.8 Å². The number of aromatic nitrogens is 5. The summed E-state index contributed by atoms with van der Waals surface area (Å²) >= 11 is 1.24. The third kappa shape index (κ3) is 4.22. The van der Waals surface area contributed by atoms with Crippen LogP contribution in [0.5, 0.6) is 0 Å². The third-order valence-corrected chi connectivity index (χ3v) is 5.86. The quantitative estimate of drug-likeness (QED) is 0.460. The lowest BCUT2D eigenvalue weighted by molar-refractivity contribution is -0.113. The first-order valence-electron chi connectivity index (χ1n) is 9.64. The first-order chi connectivity index (χ1) is 15.0. The highest BCUT2D eigenvalue weighted by molar-refractivity contribution is 7.99. The molecule has 0 aliphatic rings. The molecule has 2 heterocycles. The number of hydrogen-bond donors (Lipinski definition) is 1. The number of anilines is 1. The average Bonchev–Trinajstić information content (AvgIpc) is 3.27. The van der Waals surface area contributed by atoms with Crippen LogP contribution in [0.3, 0.4) is 0 Å². The van der Waals surface area contributed by atoms with E-state index in [2.05, 4.69) is 20.6 Å². The fourth-order valence-electron chi connectivity index (χ4n) is 3.27. The summed E-state index contributed by atoms with van der Waals surface area (Å²) in [4.78, 5) is 12.6. The molecule has 4 rings (SSSR count). The lowest BCUT2D eigenvalue weighted by Gasteiger charge is -2.07. The number of aryl methyl sites for hydroxylation is 1. The smallest absolute Gasteiger partial charge is 0.234 e. The van der Waals surface area contributed by atoms with Crippen molar-refractivity contribution in [3.63, 3.8) is 0 Å². The molecule has 2 aromatic carbocycles. The first-order valence-corrected chi connectivity index (χ1v) is 10.6. The Kier molecular flexibility index (Phi) is 5.85. The SMILES string of the molecule is Cc1nn(-c2ccccc2)c(C)c1NC(=O)CSc1nnc(-c2ccccc2F)n1C. The van der Waals surface area contributed by atoms with Gasteiger partial charge in [0.15, 0.2) is 11.0 Å². The number of para-hydroxylation sites is 1. The number of hydrogen-bond acceptors (Lipinski definition) is 5. The standard InChI is InChI=1S/C22H21FN6OS/c1-14-20(15(2)29(27-14)16-9-5-4-6-10-16)24-19(30)13-31-22-26-25-21(28(22)3)17-11-7-8-12-18(17)23/h4-12H,13H2,1-3H3,(H,24,30). The Balaban J connectivity index is 1.45. The minimum atomic E-state index is -0.367. The van der Waals surface area contributed by atoms with Crippen molar-refractivity contribution in [1.29, 1.82) is 0 Å². The Morgan fingerprint density at radius 3 is 2.52 bits per heavy atom. The number of benzene rings is 2. The van der Waals surface area contributed by atoms with Gasteiger partial charge in [-0.3, -0.25) is 4.79 Å². The van der Waals surface area contributed by atoms with Crippen LogP contribution in [0.4, 0.5) is 10.1 Å². The highest BCUT2D eigenvalue weighted by Crippen LogP contribution is 2.26. The maximum absolute atomic E-state index is 14.1. The Hall–Kier alpha value is -3.46. The van der Waals surface area contributed by atoms with E-state index < -0.39 is 0 Å². The minimum absolute atomic E-state index is 0.138. The molecule has 7 nitrogen and oxygen atoms in total. The summed E-state index contributed by atoms with van der Waals surface area (Å²) in [6.45, 7) is 3.78. The Bertz CT molecular complexity index is 1230. The molecule has 31 heavy (non-hydrogen) atoms. The number of carbonyl (C=O) groups excluding carboxylic acids is 1. The van der Waals surface area contributed by atoms with E-state index in [-0.39, 0.29) is 17.5 Å². The van der Waals surface area contributed by atoms with Crippen molar-refractivity contribution < 1.29 is 9.18 Å². The second-order valence-electron chi connectivity index (χ2n) is 6.98. The van der Waals surface area contributed by atoms with Gasteiger partial charge in [-0.25, -0.2) is 9.07 Å². The topological polar surface area (TPSA) is 77.6 Å². The van der Waals surface area contributed by atoms with Crippen molar-refractivity contribution in [2.45, 2.75) is 19.0 Å². The van der Waals surface area contributed by atoms with Gasteiger partial charge < -0.3 is 9.88 Å². The lowest BCUT2D eigenvalue weighted by Crippen LogP contribution is -2.15.